The Morgan fingerprint density at radius 2 is 2.06 bits per heavy atom. The third kappa shape index (κ3) is 2.59. The standard InChI is InChI=1S/C12H16Cl2N2O/c13-10-4-2-1-3-9(10)7-12(17,8-16-15)11(14)5-6-11/h1-4,16-17H,5-8,15H2. The molecule has 3 nitrogen and oxygen atoms in total. The number of hydrogen-bond acceptors (Lipinski definition) is 3. The van der Waals surface area contributed by atoms with Crippen molar-refractivity contribution in [2.45, 2.75) is 29.7 Å². The van der Waals surface area contributed by atoms with Crippen molar-refractivity contribution in [2.75, 3.05) is 6.54 Å². The number of aliphatic hydroxyl groups is 1. The second-order valence-electron chi connectivity index (χ2n) is 4.65. The highest BCUT2D eigenvalue weighted by Crippen LogP contribution is 2.52. The highest BCUT2D eigenvalue weighted by Gasteiger charge is 2.57. The Morgan fingerprint density at radius 3 is 2.59 bits per heavy atom. The van der Waals surface area contributed by atoms with Crippen molar-refractivity contribution < 1.29 is 5.11 Å². The van der Waals surface area contributed by atoms with E-state index in [2.05, 4.69) is 5.43 Å². The van der Waals surface area contributed by atoms with Crippen LogP contribution < -0.4 is 11.3 Å². The topological polar surface area (TPSA) is 58.3 Å². The molecule has 1 aromatic carbocycles. The van der Waals surface area contributed by atoms with Crippen molar-refractivity contribution >= 4 is 23.2 Å². The van der Waals surface area contributed by atoms with Gasteiger partial charge in [-0.15, -0.1) is 11.6 Å². The Balaban J connectivity index is 2.22. The summed E-state index contributed by atoms with van der Waals surface area (Å²) in [6.45, 7) is 0.252. The second kappa shape index (κ2) is 4.75. The van der Waals surface area contributed by atoms with Gasteiger partial charge in [-0.05, 0) is 24.5 Å². The van der Waals surface area contributed by atoms with Gasteiger partial charge in [0.25, 0.3) is 0 Å². The molecule has 1 aliphatic rings. The van der Waals surface area contributed by atoms with E-state index in [4.69, 9.17) is 29.0 Å². The van der Waals surface area contributed by atoms with Gasteiger partial charge in [0.05, 0.1) is 4.87 Å². The molecule has 0 bridgehead atoms. The zero-order valence-electron chi connectivity index (χ0n) is 9.42. The van der Waals surface area contributed by atoms with Crippen LogP contribution in [0.1, 0.15) is 18.4 Å². The molecule has 0 amide bonds. The Hall–Kier alpha value is -0.320. The molecule has 1 aromatic rings. The Kier molecular flexibility index (Phi) is 3.66. The van der Waals surface area contributed by atoms with Crippen molar-refractivity contribution in [1.29, 1.82) is 0 Å². The first kappa shape index (κ1) is 13.1. The number of benzene rings is 1. The summed E-state index contributed by atoms with van der Waals surface area (Å²) < 4.78 is 0. The van der Waals surface area contributed by atoms with Crippen LogP contribution in [0.5, 0.6) is 0 Å². The number of nitrogens with two attached hydrogens (primary N) is 1. The maximum atomic E-state index is 10.7. The Labute approximate surface area is 111 Å². The van der Waals surface area contributed by atoms with Crippen LogP contribution in [0.4, 0.5) is 0 Å². The molecular formula is C12H16Cl2N2O. The number of alkyl halides is 1. The van der Waals surface area contributed by atoms with Crippen LogP contribution in [-0.4, -0.2) is 22.1 Å². The van der Waals surface area contributed by atoms with Gasteiger partial charge in [-0.2, -0.15) is 0 Å². The van der Waals surface area contributed by atoms with Crippen molar-refractivity contribution in [1.82, 2.24) is 5.43 Å². The molecule has 5 heteroatoms. The average Bonchev–Trinajstić information content (AvgIpc) is 3.02. The van der Waals surface area contributed by atoms with Gasteiger partial charge in [0.1, 0.15) is 5.60 Å². The van der Waals surface area contributed by atoms with Crippen LogP contribution in [-0.2, 0) is 6.42 Å². The predicted molar refractivity (Wildman–Crippen MR) is 70.1 cm³/mol. The van der Waals surface area contributed by atoms with E-state index in [1.807, 2.05) is 18.2 Å². The van der Waals surface area contributed by atoms with Gasteiger partial charge in [-0.1, -0.05) is 29.8 Å². The van der Waals surface area contributed by atoms with E-state index in [1.54, 1.807) is 6.07 Å². The van der Waals surface area contributed by atoms with E-state index in [1.165, 1.54) is 0 Å². The maximum Gasteiger partial charge on any atom is 0.102 e. The van der Waals surface area contributed by atoms with Crippen molar-refractivity contribution in [3.05, 3.63) is 34.9 Å². The molecule has 2 rings (SSSR count). The first-order valence-electron chi connectivity index (χ1n) is 5.59. The smallest absolute Gasteiger partial charge is 0.102 e. The van der Waals surface area contributed by atoms with Crippen LogP contribution in [0.3, 0.4) is 0 Å². The Morgan fingerprint density at radius 1 is 1.41 bits per heavy atom. The van der Waals surface area contributed by atoms with Gasteiger partial charge >= 0.3 is 0 Å². The van der Waals surface area contributed by atoms with Crippen molar-refractivity contribution in [3.63, 3.8) is 0 Å². The predicted octanol–water partition coefficient (Wildman–Crippen LogP) is 1.85. The highest BCUT2D eigenvalue weighted by molar-refractivity contribution is 6.31. The molecule has 1 atom stereocenters. The lowest BCUT2D eigenvalue weighted by Gasteiger charge is -2.33. The lowest BCUT2D eigenvalue weighted by Crippen LogP contribution is -2.52. The Bertz CT molecular complexity index is 409. The van der Waals surface area contributed by atoms with E-state index in [-0.39, 0.29) is 6.54 Å². The van der Waals surface area contributed by atoms with Crippen LogP contribution >= 0.6 is 23.2 Å². The van der Waals surface area contributed by atoms with Gasteiger partial charge in [0, 0.05) is 18.0 Å². The molecule has 1 unspecified atom stereocenters. The quantitative estimate of drug-likeness (QED) is 0.436. The van der Waals surface area contributed by atoms with E-state index in [9.17, 15) is 5.11 Å². The summed E-state index contributed by atoms with van der Waals surface area (Å²) in [5, 5.41) is 11.3. The molecule has 0 aromatic heterocycles. The normalized spacial score (nSPS) is 20.9. The largest absolute Gasteiger partial charge is 0.386 e. The monoisotopic (exact) mass is 274 g/mol. The number of halogens is 2. The highest BCUT2D eigenvalue weighted by atomic mass is 35.5. The molecular weight excluding hydrogens is 259 g/mol. The van der Waals surface area contributed by atoms with Gasteiger partial charge in [0.15, 0.2) is 0 Å². The fourth-order valence-corrected chi connectivity index (χ4v) is 2.51. The van der Waals surface area contributed by atoms with Gasteiger partial charge in [-0.25, -0.2) is 0 Å². The zero-order chi connectivity index (χ0) is 12.5. The van der Waals surface area contributed by atoms with Gasteiger partial charge in [-0.3, -0.25) is 11.3 Å². The van der Waals surface area contributed by atoms with E-state index < -0.39 is 10.5 Å². The molecule has 0 heterocycles. The molecule has 1 fully saturated rings. The molecule has 0 saturated heterocycles. The van der Waals surface area contributed by atoms with Gasteiger partial charge < -0.3 is 5.11 Å². The lowest BCUT2D eigenvalue weighted by molar-refractivity contribution is 0.0286. The average molecular weight is 275 g/mol. The molecule has 0 spiro atoms. The summed E-state index contributed by atoms with van der Waals surface area (Å²) in [6, 6.07) is 7.46. The molecule has 94 valence electrons. The minimum absolute atomic E-state index is 0.252. The molecule has 1 saturated carbocycles. The molecule has 0 radical (unpaired) electrons. The summed E-state index contributed by atoms with van der Waals surface area (Å²) in [4.78, 5) is -0.571. The molecule has 1 aliphatic carbocycles. The number of rotatable bonds is 5. The van der Waals surface area contributed by atoms with Crippen molar-refractivity contribution in [2.24, 2.45) is 5.84 Å². The third-order valence-corrected chi connectivity index (χ3v) is 4.46. The van der Waals surface area contributed by atoms with Crippen LogP contribution in [0.15, 0.2) is 24.3 Å². The number of nitrogens with one attached hydrogen (secondary N) is 1. The van der Waals surface area contributed by atoms with Crippen LogP contribution in [0, 0.1) is 0 Å². The maximum absolute atomic E-state index is 10.7. The second-order valence-corrected chi connectivity index (χ2v) is 5.78. The van der Waals surface area contributed by atoms with E-state index in [0.717, 1.165) is 18.4 Å². The van der Waals surface area contributed by atoms with Crippen molar-refractivity contribution in [3.8, 4) is 0 Å². The molecule has 4 N–H and O–H groups in total. The fourth-order valence-electron chi connectivity index (χ4n) is 2.08. The SMILES string of the molecule is NNCC(O)(Cc1ccccc1Cl)C1(Cl)CC1. The summed E-state index contributed by atoms with van der Waals surface area (Å²) in [7, 11) is 0. The summed E-state index contributed by atoms with van der Waals surface area (Å²) in [5.41, 5.74) is 2.34. The molecule has 0 aliphatic heterocycles. The fraction of sp³-hybridized carbons (Fsp3) is 0.500. The lowest BCUT2D eigenvalue weighted by atomic mass is 9.89. The third-order valence-electron chi connectivity index (χ3n) is 3.36. The van der Waals surface area contributed by atoms with E-state index in [0.29, 0.717) is 11.4 Å². The summed E-state index contributed by atoms with van der Waals surface area (Å²) in [5.74, 6) is 5.33. The molecule has 17 heavy (non-hydrogen) atoms. The van der Waals surface area contributed by atoms with Crippen LogP contribution in [0.2, 0.25) is 5.02 Å². The zero-order valence-corrected chi connectivity index (χ0v) is 10.9. The summed E-state index contributed by atoms with van der Waals surface area (Å²) >= 11 is 12.4. The van der Waals surface area contributed by atoms with Crippen LogP contribution in [0.25, 0.3) is 0 Å². The summed E-state index contributed by atoms with van der Waals surface area (Å²) in [6.07, 6.45) is 2.01. The first-order valence-corrected chi connectivity index (χ1v) is 6.34. The van der Waals surface area contributed by atoms with E-state index >= 15 is 0 Å². The number of hydrazine groups is 1. The first-order chi connectivity index (χ1) is 8.01. The minimum Gasteiger partial charge on any atom is -0.386 e. The van der Waals surface area contributed by atoms with Gasteiger partial charge in [0.2, 0.25) is 0 Å². The number of hydrogen-bond donors (Lipinski definition) is 3. The minimum atomic E-state index is -1.06.